The minimum Gasteiger partial charge on any atom is -0.497 e. The molecular formula is C18H20N4O3. The molecule has 1 aromatic heterocycles. The first-order valence-corrected chi connectivity index (χ1v) is 8.30. The zero-order valence-electron chi connectivity index (χ0n) is 16.8. The Morgan fingerprint density at radius 2 is 2.40 bits per heavy atom. The first kappa shape index (κ1) is 12.5. The minimum absolute atomic E-state index is 0.0929. The van der Waals surface area contributed by atoms with E-state index in [2.05, 4.69) is 10.3 Å². The molecule has 0 unspecified atom stereocenters. The van der Waals surface area contributed by atoms with E-state index in [4.69, 9.17) is 8.85 Å². The Labute approximate surface area is 149 Å². The number of aromatic nitrogens is 2. The lowest BCUT2D eigenvalue weighted by molar-refractivity contribution is 0.0735. The monoisotopic (exact) mass is 343 g/mol. The molecule has 3 heterocycles. The molecule has 1 fully saturated rings. The van der Waals surface area contributed by atoms with E-state index in [1.165, 1.54) is 18.5 Å². The zero-order chi connectivity index (χ0) is 20.1. The van der Waals surface area contributed by atoms with E-state index in [-0.39, 0.29) is 23.6 Å². The maximum atomic E-state index is 13.2. The zero-order valence-corrected chi connectivity index (χ0v) is 13.8. The van der Waals surface area contributed by atoms with Crippen LogP contribution in [0.2, 0.25) is 0 Å². The van der Waals surface area contributed by atoms with Crippen LogP contribution in [0.3, 0.4) is 0 Å². The number of hydrogen-bond acceptors (Lipinski definition) is 4. The number of nitrogens with one attached hydrogen (secondary N) is 1. The number of nitrogens with zero attached hydrogens (tertiary/aromatic N) is 3. The van der Waals surface area contributed by atoms with Crippen LogP contribution in [0, 0.1) is 0 Å². The lowest BCUT2D eigenvalue weighted by Gasteiger charge is -2.23. The molecule has 0 spiro atoms. The van der Waals surface area contributed by atoms with Gasteiger partial charge in [-0.2, -0.15) is 0 Å². The lowest BCUT2D eigenvalue weighted by atomic mass is 10.1. The van der Waals surface area contributed by atoms with Crippen LogP contribution in [-0.4, -0.2) is 46.4 Å². The average molecular weight is 343 g/mol. The Bertz CT molecular complexity index is 954. The molecule has 7 heteroatoms. The van der Waals surface area contributed by atoms with Gasteiger partial charge in [0.2, 0.25) is 0 Å². The number of benzene rings is 1. The van der Waals surface area contributed by atoms with Gasteiger partial charge in [-0.1, -0.05) is 0 Å². The summed E-state index contributed by atoms with van der Waals surface area (Å²) in [4.78, 5) is 31.8. The van der Waals surface area contributed by atoms with Crippen molar-refractivity contribution in [2.75, 3.05) is 20.1 Å². The van der Waals surface area contributed by atoms with E-state index < -0.39 is 7.04 Å². The van der Waals surface area contributed by atoms with Crippen molar-refractivity contribution < 1.29 is 18.4 Å². The van der Waals surface area contributed by atoms with Gasteiger partial charge < -0.3 is 15.0 Å². The number of ether oxygens (including phenoxy) is 1. The second kappa shape index (κ2) is 5.91. The van der Waals surface area contributed by atoms with E-state index in [0.29, 0.717) is 35.7 Å². The molecule has 1 saturated heterocycles. The SMILES string of the molecule is [2H]C([2H])([2H])Oc1ccc2c(c1)C(=O)N1CCC[C@H]1c1c(C(=O)NCC)ncn1-2. The Morgan fingerprint density at radius 3 is 3.20 bits per heavy atom. The number of methoxy groups -OCH3 is 1. The molecule has 2 aliphatic heterocycles. The standard InChI is InChI=1S/C18H20N4O3/c1-3-19-17(23)15-16-14-5-4-8-21(14)18(24)12-9-11(25-2)6-7-13(12)22(16)10-20-15/h6-7,9-10,14H,3-5,8H2,1-2H3,(H,19,23)/t14-/m0/s1/i2D3. The van der Waals surface area contributed by atoms with Crippen LogP contribution in [0.5, 0.6) is 5.75 Å². The third kappa shape index (κ3) is 2.30. The predicted molar refractivity (Wildman–Crippen MR) is 91.1 cm³/mol. The number of carbonyl (C=O) groups is 2. The highest BCUT2D eigenvalue weighted by molar-refractivity contribution is 6.00. The van der Waals surface area contributed by atoms with Crippen molar-refractivity contribution in [1.82, 2.24) is 19.8 Å². The van der Waals surface area contributed by atoms with Crippen molar-refractivity contribution >= 4 is 11.8 Å². The summed E-state index contributed by atoms with van der Waals surface area (Å²) in [6.07, 6.45) is 3.09. The van der Waals surface area contributed by atoms with E-state index in [9.17, 15) is 9.59 Å². The Hall–Kier alpha value is -2.83. The molecule has 0 radical (unpaired) electrons. The second-order valence-corrected chi connectivity index (χ2v) is 6.15. The van der Waals surface area contributed by atoms with Gasteiger partial charge in [-0.25, -0.2) is 4.98 Å². The summed E-state index contributed by atoms with van der Waals surface area (Å²) in [5, 5.41) is 2.77. The second-order valence-electron chi connectivity index (χ2n) is 6.15. The van der Waals surface area contributed by atoms with Gasteiger partial charge in [-0.3, -0.25) is 14.2 Å². The van der Waals surface area contributed by atoms with Crippen molar-refractivity contribution in [3.63, 3.8) is 0 Å². The topological polar surface area (TPSA) is 76.5 Å². The third-order valence-corrected chi connectivity index (χ3v) is 4.76. The fourth-order valence-electron chi connectivity index (χ4n) is 3.70. The Balaban J connectivity index is 1.88. The maximum Gasteiger partial charge on any atom is 0.271 e. The average Bonchev–Trinajstić information content (AvgIpc) is 3.24. The summed E-state index contributed by atoms with van der Waals surface area (Å²) in [6, 6.07) is 4.32. The van der Waals surface area contributed by atoms with Gasteiger partial charge in [0.15, 0.2) is 5.69 Å². The molecule has 0 aliphatic carbocycles. The van der Waals surface area contributed by atoms with E-state index >= 15 is 0 Å². The van der Waals surface area contributed by atoms with Gasteiger partial charge >= 0.3 is 0 Å². The highest BCUT2D eigenvalue weighted by Gasteiger charge is 2.40. The van der Waals surface area contributed by atoms with Crippen LogP contribution in [-0.2, 0) is 0 Å². The van der Waals surface area contributed by atoms with Crippen molar-refractivity contribution in [3.8, 4) is 11.4 Å². The van der Waals surface area contributed by atoms with Gasteiger partial charge in [0, 0.05) is 13.1 Å². The first-order chi connectivity index (χ1) is 13.3. The largest absolute Gasteiger partial charge is 0.497 e. The van der Waals surface area contributed by atoms with E-state index in [0.717, 1.165) is 12.8 Å². The molecular weight excluding hydrogens is 320 g/mol. The van der Waals surface area contributed by atoms with Gasteiger partial charge in [0.1, 0.15) is 12.1 Å². The van der Waals surface area contributed by atoms with Gasteiger partial charge in [0.25, 0.3) is 11.8 Å². The highest BCUT2D eigenvalue weighted by atomic mass is 16.5. The molecule has 2 amide bonds. The maximum absolute atomic E-state index is 13.2. The van der Waals surface area contributed by atoms with Crippen molar-refractivity contribution in [1.29, 1.82) is 0 Å². The van der Waals surface area contributed by atoms with Gasteiger partial charge in [0.05, 0.1) is 34.1 Å². The van der Waals surface area contributed by atoms with Crippen LogP contribution < -0.4 is 10.1 Å². The van der Waals surface area contributed by atoms with Crippen molar-refractivity contribution in [3.05, 3.63) is 41.5 Å². The molecule has 130 valence electrons. The van der Waals surface area contributed by atoms with E-state index in [1.54, 1.807) is 15.5 Å². The molecule has 4 rings (SSSR count). The highest BCUT2D eigenvalue weighted by Crippen LogP contribution is 2.40. The lowest BCUT2D eigenvalue weighted by Crippen LogP contribution is -2.31. The molecule has 0 bridgehead atoms. The van der Waals surface area contributed by atoms with Crippen LogP contribution in [0.25, 0.3) is 5.69 Å². The quantitative estimate of drug-likeness (QED) is 0.924. The molecule has 1 atom stereocenters. The number of fused-ring (bicyclic) bond motifs is 5. The minimum atomic E-state index is -2.61. The number of rotatable bonds is 3. The molecule has 7 nitrogen and oxygen atoms in total. The first-order valence-electron chi connectivity index (χ1n) is 9.80. The molecule has 0 saturated carbocycles. The van der Waals surface area contributed by atoms with E-state index in [1.807, 2.05) is 6.92 Å². The smallest absolute Gasteiger partial charge is 0.271 e. The molecule has 1 N–H and O–H groups in total. The third-order valence-electron chi connectivity index (χ3n) is 4.76. The van der Waals surface area contributed by atoms with Crippen LogP contribution in [0.1, 0.15) is 56.5 Å². The normalized spacial score (nSPS) is 20.5. The van der Waals surface area contributed by atoms with Crippen molar-refractivity contribution in [2.24, 2.45) is 0 Å². The number of hydrogen-bond donors (Lipinski definition) is 1. The van der Waals surface area contributed by atoms with Gasteiger partial charge in [-0.05, 0) is 38.0 Å². The number of carbonyl (C=O) groups excluding carboxylic acids is 2. The summed E-state index contributed by atoms with van der Waals surface area (Å²) < 4.78 is 28.6. The summed E-state index contributed by atoms with van der Waals surface area (Å²) in [5.41, 5.74) is 1.87. The van der Waals surface area contributed by atoms with Crippen LogP contribution in [0.4, 0.5) is 0 Å². The van der Waals surface area contributed by atoms with Crippen LogP contribution >= 0.6 is 0 Å². The Morgan fingerprint density at radius 1 is 1.52 bits per heavy atom. The van der Waals surface area contributed by atoms with Crippen molar-refractivity contribution in [2.45, 2.75) is 25.8 Å². The summed E-state index contributed by atoms with van der Waals surface area (Å²) in [7, 11) is -2.61. The molecule has 1 aromatic carbocycles. The fraction of sp³-hybridized carbons (Fsp3) is 0.389. The fourth-order valence-corrected chi connectivity index (χ4v) is 3.70. The van der Waals surface area contributed by atoms with Crippen LogP contribution in [0.15, 0.2) is 24.5 Å². The molecule has 2 aliphatic rings. The molecule has 2 aromatic rings. The number of amides is 2. The summed E-state index contributed by atoms with van der Waals surface area (Å²) >= 11 is 0. The summed E-state index contributed by atoms with van der Waals surface area (Å²) in [6.45, 7) is 2.87. The summed E-state index contributed by atoms with van der Waals surface area (Å²) in [5.74, 6) is -0.393. The number of imidazole rings is 1. The molecule has 25 heavy (non-hydrogen) atoms. The van der Waals surface area contributed by atoms with Gasteiger partial charge in [-0.15, -0.1) is 0 Å². The predicted octanol–water partition coefficient (Wildman–Crippen LogP) is 1.92. The Kier molecular flexibility index (Phi) is 2.96.